The van der Waals surface area contributed by atoms with E-state index >= 15 is 0 Å². The molecule has 1 aromatic heterocycles. The maximum atomic E-state index is 12.8. The summed E-state index contributed by atoms with van der Waals surface area (Å²) in [6, 6.07) is 9.33. The highest BCUT2D eigenvalue weighted by Gasteiger charge is 2.44. The fourth-order valence-corrected chi connectivity index (χ4v) is 3.70. The molecule has 2 atom stereocenters. The highest BCUT2D eigenvalue weighted by Crippen LogP contribution is 2.28. The molecule has 0 spiro atoms. The lowest BCUT2D eigenvalue weighted by Crippen LogP contribution is -2.54. The molecule has 30 heavy (non-hydrogen) atoms. The van der Waals surface area contributed by atoms with E-state index in [0.29, 0.717) is 13.1 Å². The van der Waals surface area contributed by atoms with Crippen LogP contribution in [0.5, 0.6) is 0 Å². The Kier molecular flexibility index (Phi) is 5.39. The first-order valence-corrected chi connectivity index (χ1v) is 9.67. The lowest BCUT2D eigenvalue weighted by molar-refractivity contribution is -0.136. The highest BCUT2D eigenvalue weighted by atomic mass is 16.2. The Balaban J connectivity index is 1.43. The number of imide groups is 2. The second kappa shape index (κ2) is 8.13. The number of nitrogens with two attached hydrogens (primary N) is 1. The van der Waals surface area contributed by atoms with Crippen LogP contribution < -0.4 is 16.4 Å². The van der Waals surface area contributed by atoms with Gasteiger partial charge in [0.1, 0.15) is 6.04 Å². The second-order valence-electron chi connectivity index (χ2n) is 7.32. The number of nitrogens with zero attached hydrogens (tertiary/aromatic N) is 2. The maximum absolute atomic E-state index is 12.8. The summed E-state index contributed by atoms with van der Waals surface area (Å²) < 4.78 is 0. The summed E-state index contributed by atoms with van der Waals surface area (Å²) in [6.45, 7) is 0.942. The molecule has 4 amide bonds. The van der Waals surface area contributed by atoms with E-state index in [1.165, 1.54) is 0 Å². The topological polar surface area (TPSA) is 134 Å². The smallest absolute Gasteiger partial charge is 0.262 e. The van der Waals surface area contributed by atoms with Gasteiger partial charge in [0.15, 0.2) is 0 Å². The van der Waals surface area contributed by atoms with Crippen LogP contribution in [-0.4, -0.2) is 46.1 Å². The summed E-state index contributed by atoms with van der Waals surface area (Å²) in [7, 11) is 0. The third kappa shape index (κ3) is 3.72. The van der Waals surface area contributed by atoms with Gasteiger partial charge < -0.3 is 11.1 Å². The first kappa shape index (κ1) is 19.9. The summed E-state index contributed by atoms with van der Waals surface area (Å²) >= 11 is 0. The molecule has 0 aliphatic carbocycles. The van der Waals surface area contributed by atoms with Crippen LogP contribution >= 0.6 is 0 Å². The number of piperidine rings is 1. The monoisotopic (exact) mass is 407 g/mol. The quantitative estimate of drug-likeness (QED) is 0.585. The fourth-order valence-electron chi connectivity index (χ4n) is 3.70. The summed E-state index contributed by atoms with van der Waals surface area (Å²) in [6.07, 6.45) is 1.91. The number of carbonyl (C=O) groups excluding carboxylic acids is 4. The number of hydrogen-bond donors (Lipinski definition) is 3. The van der Waals surface area contributed by atoms with Crippen molar-refractivity contribution in [1.29, 1.82) is 0 Å². The lowest BCUT2D eigenvalue weighted by Gasteiger charge is -2.27. The van der Waals surface area contributed by atoms with Gasteiger partial charge in [0.25, 0.3) is 11.8 Å². The van der Waals surface area contributed by atoms with Crippen LogP contribution in [0.1, 0.15) is 50.9 Å². The van der Waals surface area contributed by atoms with E-state index in [2.05, 4.69) is 15.6 Å². The Bertz CT molecular complexity index is 1020. The number of rotatable bonds is 6. The number of pyridine rings is 1. The summed E-state index contributed by atoms with van der Waals surface area (Å²) in [5.74, 6) is -2.05. The van der Waals surface area contributed by atoms with E-state index < -0.39 is 29.7 Å². The standard InChI is InChI=1S/C21H21N5O4/c22-15(16-3-1-2-8-24-16)11-23-10-12-4-5-13-14(9-12)21(30)26(20(13)29)17-6-7-18(27)25-19(17)28/h1-5,8-9,15,17,23H,6-7,10-11,22H2,(H,25,27,28). The number of benzene rings is 1. The second-order valence-corrected chi connectivity index (χ2v) is 7.32. The van der Waals surface area contributed by atoms with Crippen LogP contribution in [0, 0.1) is 0 Å². The Labute approximate surface area is 172 Å². The third-order valence-corrected chi connectivity index (χ3v) is 5.27. The van der Waals surface area contributed by atoms with Crippen LogP contribution in [0.15, 0.2) is 42.6 Å². The molecule has 2 aliphatic heterocycles. The third-order valence-electron chi connectivity index (χ3n) is 5.27. The van der Waals surface area contributed by atoms with Crippen molar-refractivity contribution in [1.82, 2.24) is 20.5 Å². The SMILES string of the molecule is NC(CNCc1ccc2c(c1)C(=O)N(C1CCC(=O)NC1=O)C2=O)c1ccccn1. The molecule has 0 bridgehead atoms. The number of aromatic nitrogens is 1. The Hall–Kier alpha value is -3.43. The molecule has 2 aliphatic rings. The van der Waals surface area contributed by atoms with Crippen LogP contribution in [0.25, 0.3) is 0 Å². The van der Waals surface area contributed by atoms with E-state index in [9.17, 15) is 19.2 Å². The van der Waals surface area contributed by atoms with Crippen LogP contribution in [0.2, 0.25) is 0 Å². The number of carbonyl (C=O) groups is 4. The molecule has 9 nitrogen and oxygen atoms in total. The molecule has 154 valence electrons. The van der Waals surface area contributed by atoms with E-state index in [1.807, 2.05) is 18.2 Å². The minimum atomic E-state index is -0.965. The molecule has 3 heterocycles. The first-order chi connectivity index (χ1) is 14.5. The average molecular weight is 407 g/mol. The summed E-state index contributed by atoms with van der Waals surface area (Å²) in [5.41, 5.74) is 8.24. The number of fused-ring (bicyclic) bond motifs is 1. The van der Waals surface area contributed by atoms with Gasteiger partial charge in [-0.25, -0.2) is 0 Å². The van der Waals surface area contributed by atoms with Gasteiger partial charge in [0.05, 0.1) is 22.9 Å². The van der Waals surface area contributed by atoms with Gasteiger partial charge in [-0.1, -0.05) is 12.1 Å². The molecular weight excluding hydrogens is 386 g/mol. The van der Waals surface area contributed by atoms with Crippen molar-refractivity contribution in [2.75, 3.05) is 6.54 Å². The normalized spacial score (nSPS) is 19.6. The molecule has 1 aromatic carbocycles. The molecule has 2 aromatic rings. The molecule has 9 heteroatoms. The molecule has 1 fully saturated rings. The van der Waals surface area contributed by atoms with Crippen LogP contribution in [-0.2, 0) is 16.1 Å². The van der Waals surface area contributed by atoms with Gasteiger partial charge in [-0.3, -0.25) is 34.4 Å². The highest BCUT2D eigenvalue weighted by molar-refractivity contribution is 6.23. The minimum Gasteiger partial charge on any atom is -0.322 e. The molecule has 4 N–H and O–H groups in total. The predicted molar refractivity (Wildman–Crippen MR) is 106 cm³/mol. The number of nitrogens with one attached hydrogen (secondary N) is 2. The van der Waals surface area contributed by atoms with Crippen molar-refractivity contribution in [3.05, 3.63) is 65.0 Å². The van der Waals surface area contributed by atoms with Crippen LogP contribution in [0.4, 0.5) is 0 Å². The summed E-state index contributed by atoms with van der Waals surface area (Å²) in [4.78, 5) is 54.2. The Morgan fingerprint density at radius 2 is 1.93 bits per heavy atom. The van der Waals surface area contributed by atoms with Gasteiger partial charge >= 0.3 is 0 Å². The van der Waals surface area contributed by atoms with E-state index in [4.69, 9.17) is 5.73 Å². The molecule has 0 saturated carbocycles. The van der Waals surface area contributed by atoms with Crippen LogP contribution in [0.3, 0.4) is 0 Å². The fraction of sp³-hybridized carbons (Fsp3) is 0.286. The molecular formula is C21H21N5O4. The van der Waals surface area contributed by atoms with E-state index in [1.54, 1.807) is 24.4 Å². The van der Waals surface area contributed by atoms with Crippen molar-refractivity contribution >= 4 is 23.6 Å². The van der Waals surface area contributed by atoms with E-state index in [-0.39, 0.29) is 30.0 Å². The maximum Gasteiger partial charge on any atom is 0.262 e. The zero-order valence-corrected chi connectivity index (χ0v) is 16.1. The largest absolute Gasteiger partial charge is 0.322 e. The molecule has 0 radical (unpaired) electrons. The zero-order valence-electron chi connectivity index (χ0n) is 16.1. The predicted octanol–water partition coefficient (Wildman–Crippen LogP) is 0.272. The van der Waals surface area contributed by atoms with Gasteiger partial charge in [0.2, 0.25) is 11.8 Å². The van der Waals surface area contributed by atoms with Crippen molar-refractivity contribution in [3.63, 3.8) is 0 Å². The molecule has 4 rings (SSSR count). The zero-order chi connectivity index (χ0) is 21.3. The van der Waals surface area contributed by atoms with Gasteiger partial charge in [-0.05, 0) is 36.2 Å². The minimum absolute atomic E-state index is 0.0928. The number of hydrogen-bond acceptors (Lipinski definition) is 7. The van der Waals surface area contributed by atoms with E-state index in [0.717, 1.165) is 16.2 Å². The van der Waals surface area contributed by atoms with Crippen molar-refractivity contribution < 1.29 is 19.2 Å². The van der Waals surface area contributed by atoms with Gasteiger partial charge in [0, 0.05) is 25.7 Å². The first-order valence-electron chi connectivity index (χ1n) is 9.67. The Morgan fingerprint density at radius 3 is 2.67 bits per heavy atom. The lowest BCUT2D eigenvalue weighted by atomic mass is 10.0. The molecule has 2 unspecified atom stereocenters. The number of amides is 4. The summed E-state index contributed by atoms with van der Waals surface area (Å²) in [5, 5.41) is 5.41. The molecule has 1 saturated heterocycles. The Morgan fingerprint density at radius 1 is 1.13 bits per heavy atom. The van der Waals surface area contributed by atoms with Crippen molar-refractivity contribution in [2.24, 2.45) is 5.73 Å². The van der Waals surface area contributed by atoms with Crippen molar-refractivity contribution in [2.45, 2.75) is 31.5 Å². The van der Waals surface area contributed by atoms with Gasteiger partial charge in [-0.2, -0.15) is 0 Å². The van der Waals surface area contributed by atoms with Gasteiger partial charge in [-0.15, -0.1) is 0 Å². The van der Waals surface area contributed by atoms with Crippen molar-refractivity contribution in [3.8, 4) is 0 Å². The average Bonchev–Trinajstić information content (AvgIpc) is 2.99.